The Bertz CT molecular complexity index is 504. The fourth-order valence-corrected chi connectivity index (χ4v) is 2.14. The molecule has 2 atom stereocenters. The van der Waals surface area contributed by atoms with Crippen LogP contribution in [0, 0.1) is 16.0 Å². The number of hydrogen-bond acceptors (Lipinski definition) is 3. The molecule has 1 aromatic rings. The van der Waals surface area contributed by atoms with Crippen molar-refractivity contribution >= 4 is 23.2 Å². The van der Waals surface area contributed by atoms with Gasteiger partial charge in [0, 0.05) is 17.1 Å². The van der Waals surface area contributed by atoms with Crippen LogP contribution in [0.25, 0.3) is 0 Å². The molecule has 0 spiro atoms. The summed E-state index contributed by atoms with van der Waals surface area (Å²) >= 11 is 5.77. The highest BCUT2D eigenvalue weighted by Gasteiger charge is 2.37. The number of nitrogens with zero attached hydrogens (tertiary/aromatic N) is 1. The van der Waals surface area contributed by atoms with Crippen LogP contribution in [-0.4, -0.2) is 16.9 Å². The van der Waals surface area contributed by atoms with Crippen LogP contribution in [0.3, 0.4) is 0 Å². The Balaban J connectivity index is 2.18. The molecule has 0 bridgehead atoms. The molecule has 1 amide bonds. The first kappa shape index (κ1) is 12.8. The number of benzene rings is 1. The maximum atomic E-state index is 12.0. The van der Waals surface area contributed by atoms with Gasteiger partial charge < -0.3 is 5.32 Å². The van der Waals surface area contributed by atoms with Crippen LogP contribution in [0.2, 0.25) is 5.02 Å². The lowest BCUT2D eigenvalue weighted by Gasteiger charge is -2.05. The van der Waals surface area contributed by atoms with Crippen LogP contribution >= 0.6 is 11.6 Å². The summed E-state index contributed by atoms with van der Waals surface area (Å²) in [6.07, 6.45) is 1.94. The van der Waals surface area contributed by atoms with E-state index in [2.05, 4.69) is 12.2 Å². The SMILES string of the molecule is CCC1CC1NC(=O)c1cc(Cl)ccc1[N+](=O)[O-]. The van der Waals surface area contributed by atoms with Crippen LogP contribution < -0.4 is 5.32 Å². The number of amides is 1. The molecule has 0 saturated heterocycles. The predicted molar refractivity (Wildman–Crippen MR) is 67.8 cm³/mol. The second kappa shape index (κ2) is 4.94. The minimum Gasteiger partial charge on any atom is -0.349 e. The third-order valence-corrected chi connectivity index (χ3v) is 3.40. The van der Waals surface area contributed by atoms with Crippen molar-refractivity contribution in [3.63, 3.8) is 0 Å². The molecular weight excluding hydrogens is 256 g/mol. The van der Waals surface area contributed by atoms with E-state index in [1.54, 1.807) is 0 Å². The van der Waals surface area contributed by atoms with E-state index in [0.29, 0.717) is 10.9 Å². The summed E-state index contributed by atoms with van der Waals surface area (Å²) < 4.78 is 0. The van der Waals surface area contributed by atoms with E-state index in [1.807, 2.05) is 0 Å². The Hall–Kier alpha value is -1.62. The molecule has 5 nitrogen and oxygen atoms in total. The highest BCUT2D eigenvalue weighted by atomic mass is 35.5. The minimum atomic E-state index is -0.574. The van der Waals surface area contributed by atoms with E-state index in [9.17, 15) is 14.9 Å². The van der Waals surface area contributed by atoms with Crippen LogP contribution in [0.15, 0.2) is 18.2 Å². The lowest BCUT2D eigenvalue weighted by molar-refractivity contribution is -0.385. The first-order chi connectivity index (χ1) is 8.52. The number of rotatable bonds is 4. The maximum absolute atomic E-state index is 12.0. The van der Waals surface area contributed by atoms with Crippen molar-refractivity contribution in [1.29, 1.82) is 0 Å². The summed E-state index contributed by atoms with van der Waals surface area (Å²) in [6.45, 7) is 2.05. The fraction of sp³-hybridized carbons (Fsp3) is 0.417. The number of halogens is 1. The number of carbonyl (C=O) groups excluding carboxylic acids is 1. The number of nitro benzene ring substituents is 1. The summed E-state index contributed by atoms with van der Waals surface area (Å²) in [6, 6.07) is 4.13. The lowest BCUT2D eigenvalue weighted by Crippen LogP contribution is -2.27. The van der Waals surface area contributed by atoms with E-state index in [-0.39, 0.29) is 17.3 Å². The third-order valence-electron chi connectivity index (χ3n) is 3.16. The molecule has 0 aromatic heterocycles. The maximum Gasteiger partial charge on any atom is 0.282 e. The van der Waals surface area contributed by atoms with Gasteiger partial charge in [-0.05, 0) is 24.5 Å². The van der Waals surface area contributed by atoms with E-state index in [4.69, 9.17) is 11.6 Å². The highest BCUT2D eigenvalue weighted by molar-refractivity contribution is 6.31. The number of carbonyl (C=O) groups is 1. The Morgan fingerprint density at radius 2 is 2.33 bits per heavy atom. The van der Waals surface area contributed by atoms with Gasteiger partial charge in [-0.25, -0.2) is 0 Å². The molecule has 18 heavy (non-hydrogen) atoms. The fourth-order valence-electron chi connectivity index (χ4n) is 1.97. The van der Waals surface area contributed by atoms with Crippen LogP contribution in [-0.2, 0) is 0 Å². The molecule has 1 saturated carbocycles. The largest absolute Gasteiger partial charge is 0.349 e. The van der Waals surface area contributed by atoms with Gasteiger partial charge in [-0.2, -0.15) is 0 Å². The van der Waals surface area contributed by atoms with Crippen molar-refractivity contribution in [3.05, 3.63) is 38.9 Å². The van der Waals surface area contributed by atoms with Crippen molar-refractivity contribution in [2.45, 2.75) is 25.8 Å². The van der Waals surface area contributed by atoms with Crippen molar-refractivity contribution in [2.75, 3.05) is 0 Å². The molecule has 0 radical (unpaired) electrons. The number of nitro groups is 1. The van der Waals surface area contributed by atoms with Gasteiger partial charge in [-0.15, -0.1) is 0 Å². The first-order valence-electron chi connectivity index (χ1n) is 5.77. The van der Waals surface area contributed by atoms with Gasteiger partial charge >= 0.3 is 0 Å². The van der Waals surface area contributed by atoms with Crippen LogP contribution in [0.1, 0.15) is 30.1 Å². The standard InChI is InChI=1S/C12H13ClN2O3/c1-2-7-5-10(7)14-12(16)9-6-8(13)3-4-11(9)15(17)18/h3-4,6-7,10H,2,5H2,1H3,(H,14,16). The van der Waals surface area contributed by atoms with Crippen LogP contribution in [0.5, 0.6) is 0 Å². The van der Waals surface area contributed by atoms with Gasteiger partial charge in [0.25, 0.3) is 11.6 Å². The quantitative estimate of drug-likeness (QED) is 0.674. The zero-order chi connectivity index (χ0) is 13.3. The van der Waals surface area contributed by atoms with E-state index >= 15 is 0 Å². The summed E-state index contributed by atoms with van der Waals surface area (Å²) in [7, 11) is 0. The van der Waals surface area contributed by atoms with E-state index < -0.39 is 10.8 Å². The van der Waals surface area contributed by atoms with Gasteiger partial charge in [0.1, 0.15) is 5.56 Å². The molecule has 1 aliphatic carbocycles. The molecular formula is C12H13ClN2O3. The van der Waals surface area contributed by atoms with Gasteiger partial charge in [0.15, 0.2) is 0 Å². The lowest BCUT2D eigenvalue weighted by atomic mass is 10.1. The molecule has 1 aliphatic rings. The summed E-state index contributed by atoms with van der Waals surface area (Å²) in [5.74, 6) is 0.0670. The van der Waals surface area contributed by atoms with Crippen molar-refractivity contribution in [3.8, 4) is 0 Å². The Labute approximate surface area is 109 Å². The molecule has 1 fully saturated rings. The van der Waals surface area contributed by atoms with Crippen molar-refractivity contribution in [2.24, 2.45) is 5.92 Å². The van der Waals surface area contributed by atoms with Crippen molar-refractivity contribution < 1.29 is 9.72 Å². The normalized spacial score (nSPS) is 21.4. The molecule has 2 rings (SSSR count). The van der Waals surface area contributed by atoms with Crippen LogP contribution in [0.4, 0.5) is 5.69 Å². The summed E-state index contributed by atoms with van der Waals surface area (Å²) in [4.78, 5) is 22.2. The van der Waals surface area contributed by atoms with E-state index in [0.717, 1.165) is 12.8 Å². The molecule has 1 aromatic carbocycles. The second-order valence-electron chi connectivity index (χ2n) is 4.40. The van der Waals surface area contributed by atoms with Gasteiger partial charge in [-0.1, -0.05) is 24.9 Å². The second-order valence-corrected chi connectivity index (χ2v) is 4.84. The average molecular weight is 269 g/mol. The van der Waals surface area contributed by atoms with E-state index in [1.165, 1.54) is 18.2 Å². The number of hydrogen-bond donors (Lipinski definition) is 1. The third kappa shape index (κ3) is 2.61. The topological polar surface area (TPSA) is 72.2 Å². The zero-order valence-electron chi connectivity index (χ0n) is 9.85. The van der Waals surface area contributed by atoms with Gasteiger partial charge in [0.2, 0.25) is 0 Å². The average Bonchev–Trinajstić information content (AvgIpc) is 3.06. The molecule has 96 valence electrons. The molecule has 0 aliphatic heterocycles. The molecule has 1 N–H and O–H groups in total. The summed E-state index contributed by atoms with van der Waals surface area (Å²) in [5.41, 5.74) is -0.195. The molecule has 0 heterocycles. The molecule has 6 heteroatoms. The first-order valence-corrected chi connectivity index (χ1v) is 6.15. The smallest absolute Gasteiger partial charge is 0.282 e. The predicted octanol–water partition coefficient (Wildman–Crippen LogP) is 2.78. The van der Waals surface area contributed by atoms with Crippen molar-refractivity contribution in [1.82, 2.24) is 5.32 Å². The Morgan fingerprint density at radius 1 is 1.61 bits per heavy atom. The van der Waals surface area contributed by atoms with Gasteiger partial charge in [0.05, 0.1) is 4.92 Å². The summed E-state index contributed by atoms with van der Waals surface area (Å²) in [5, 5.41) is 13.9. The Kier molecular flexibility index (Phi) is 3.52. The van der Waals surface area contributed by atoms with Gasteiger partial charge in [-0.3, -0.25) is 14.9 Å². The minimum absolute atomic E-state index is 0.0225. The number of nitrogens with one attached hydrogen (secondary N) is 1. The monoisotopic (exact) mass is 268 g/mol. The molecule has 2 unspecified atom stereocenters. The Morgan fingerprint density at radius 3 is 2.89 bits per heavy atom. The highest BCUT2D eigenvalue weighted by Crippen LogP contribution is 2.34. The zero-order valence-corrected chi connectivity index (χ0v) is 10.6.